The van der Waals surface area contributed by atoms with Gasteiger partial charge < -0.3 is 10.6 Å². The summed E-state index contributed by atoms with van der Waals surface area (Å²) in [5.41, 5.74) is 1.46. The van der Waals surface area contributed by atoms with E-state index in [0.717, 1.165) is 23.8 Å². The molecule has 10 heteroatoms. The summed E-state index contributed by atoms with van der Waals surface area (Å²) in [5.74, 6) is 0.0244. The number of carbonyl (C=O) groups excluding carboxylic acids is 1. The highest BCUT2D eigenvalue weighted by Gasteiger charge is 2.35. The van der Waals surface area contributed by atoms with E-state index in [1.165, 1.54) is 24.3 Å². The molecular weight excluding hydrogens is 467 g/mol. The van der Waals surface area contributed by atoms with Gasteiger partial charge in [-0.1, -0.05) is 38.1 Å². The highest BCUT2D eigenvalue weighted by molar-refractivity contribution is 7.89. The zero-order chi connectivity index (χ0) is 24.7. The molecule has 0 saturated heterocycles. The lowest BCUT2D eigenvalue weighted by Gasteiger charge is -2.29. The molecule has 0 radical (unpaired) electrons. The number of halogens is 3. The van der Waals surface area contributed by atoms with E-state index in [1.807, 2.05) is 24.3 Å². The van der Waals surface area contributed by atoms with Gasteiger partial charge in [0.05, 0.1) is 11.3 Å². The number of benzene rings is 3. The standard InChI is InChI=1S/C24H22F3N3O3S/c1-14(2)15-7-10-19(11-8-15)28-23(31)17-5-3-16(4-6-17)22-29-20-13-18(24(25,26)27)9-12-21(20)34(32,33)30-22/h3-14,22,29-30H,1-2H3,(H,28,31)/t22-/m0/s1. The third kappa shape index (κ3) is 4.92. The first-order valence-corrected chi connectivity index (χ1v) is 11.9. The number of sulfonamides is 1. The van der Waals surface area contributed by atoms with Gasteiger partial charge in [-0.2, -0.15) is 17.9 Å². The summed E-state index contributed by atoms with van der Waals surface area (Å²) in [5, 5.41) is 5.59. The van der Waals surface area contributed by atoms with Crippen molar-refractivity contribution in [2.24, 2.45) is 0 Å². The van der Waals surface area contributed by atoms with Crippen LogP contribution in [0.2, 0.25) is 0 Å². The molecule has 0 fully saturated rings. The maximum Gasteiger partial charge on any atom is 0.416 e. The lowest BCUT2D eigenvalue weighted by Crippen LogP contribution is -2.38. The van der Waals surface area contributed by atoms with E-state index in [4.69, 9.17) is 0 Å². The Labute approximate surface area is 195 Å². The summed E-state index contributed by atoms with van der Waals surface area (Å²) >= 11 is 0. The Kier molecular flexibility index (Phi) is 6.13. The fraction of sp³-hybridized carbons (Fsp3) is 0.208. The van der Waals surface area contributed by atoms with Crippen molar-refractivity contribution in [2.75, 3.05) is 10.6 Å². The van der Waals surface area contributed by atoms with E-state index < -0.39 is 27.9 Å². The van der Waals surface area contributed by atoms with E-state index in [-0.39, 0.29) is 16.5 Å². The minimum absolute atomic E-state index is 0.148. The lowest BCUT2D eigenvalue weighted by atomic mass is 10.0. The van der Waals surface area contributed by atoms with E-state index in [9.17, 15) is 26.4 Å². The molecule has 1 heterocycles. The molecule has 0 unspecified atom stereocenters. The Morgan fingerprint density at radius 3 is 2.21 bits per heavy atom. The Morgan fingerprint density at radius 2 is 1.62 bits per heavy atom. The van der Waals surface area contributed by atoms with E-state index in [0.29, 0.717) is 22.7 Å². The number of alkyl halides is 3. The van der Waals surface area contributed by atoms with Gasteiger partial charge in [-0.3, -0.25) is 4.79 Å². The van der Waals surface area contributed by atoms with Gasteiger partial charge >= 0.3 is 6.18 Å². The fourth-order valence-electron chi connectivity index (χ4n) is 3.59. The van der Waals surface area contributed by atoms with Gasteiger partial charge in [-0.25, -0.2) is 8.42 Å². The molecule has 1 amide bonds. The lowest BCUT2D eigenvalue weighted by molar-refractivity contribution is -0.137. The van der Waals surface area contributed by atoms with Crippen molar-refractivity contribution in [3.63, 3.8) is 0 Å². The summed E-state index contributed by atoms with van der Waals surface area (Å²) in [4.78, 5) is 12.3. The van der Waals surface area contributed by atoms with Crippen molar-refractivity contribution in [1.29, 1.82) is 0 Å². The largest absolute Gasteiger partial charge is 0.416 e. The fourth-order valence-corrected chi connectivity index (χ4v) is 4.88. The second-order valence-electron chi connectivity index (χ2n) is 8.26. The van der Waals surface area contributed by atoms with Gasteiger partial charge in [0.2, 0.25) is 10.0 Å². The number of hydrogen-bond donors (Lipinski definition) is 3. The number of hydrogen-bond acceptors (Lipinski definition) is 4. The van der Waals surface area contributed by atoms with Gasteiger partial charge in [0.1, 0.15) is 11.1 Å². The van der Waals surface area contributed by atoms with Gasteiger partial charge in [-0.15, -0.1) is 0 Å². The van der Waals surface area contributed by atoms with Gasteiger partial charge in [0, 0.05) is 11.3 Å². The molecule has 1 aliphatic rings. The molecule has 0 spiro atoms. The normalized spacial score (nSPS) is 17.1. The number of anilines is 2. The minimum atomic E-state index is -4.61. The summed E-state index contributed by atoms with van der Waals surface area (Å²) in [6.45, 7) is 4.15. The van der Waals surface area contributed by atoms with E-state index >= 15 is 0 Å². The van der Waals surface area contributed by atoms with Crippen LogP contribution in [0, 0.1) is 0 Å². The van der Waals surface area contributed by atoms with Crippen LogP contribution >= 0.6 is 0 Å². The maximum absolute atomic E-state index is 13.1. The molecule has 6 nitrogen and oxygen atoms in total. The van der Waals surface area contributed by atoms with Crippen molar-refractivity contribution in [2.45, 2.75) is 37.0 Å². The van der Waals surface area contributed by atoms with Crippen molar-refractivity contribution >= 4 is 27.3 Å². The predicted octanol–water partition coefficient (Wildman–Crippen LogP) is 5.48. The highest BCUT2D eigenvalue weighted by atomic mass is 32.2. The van der Waals surface area contributed by atoms with Crippen LogP contribution in [0.15, 0.2) is 71.6 Å². The molecule has 4 rings (SSSR count). The van der Waals surface area contributed by atoms with Crippen LogP contribution < -0.4 is 15.4 Å². The van der Waals surface area contributed by atoms with Gasteiger partial charge in [0.15, 0.2) is 0 Å². The molecule has 3 N–H and O–H groups in total. The van der Waals surface area contributed by atoms with Gasteiger partial charge in [-0.05, 0) is 59.5 Å². The van der Waals surface area contributed by atoms with Gasteiger partial charge in [0.25, 0.3) is 5.91 Å². The summed E-state index contributed by atoms with van der Waals surface area (Å²) in [7, 11) is -4.04. The Morgan fingerprint density at radius 1 is 0.971 bits per heavy atom. The molecule has 3 aromatic rings. The van der Waals surface area contributed by atoms with Crippen LogP contribution in [0.3, 0.4) is 0 Å². The molecule has 178 valence electrons. The van der Waals surface area contributed by atoms with E-state index in [1.54, 1.807) is 0 Å². The minimum Gasteiger partial charge on any atom is -0.364 e. The summed E-state index contributed by atoms with van der Waals surface area (Å²) in [6.07, 6.45) is -5.60. The van der Waals surface area contributed by atoms with E-state index in [2.05, 4.69) is 29.2 Å². The second-order valence-corrected chi connectivity index (χ2v) is 9.94. The molecule has 0 saturated carbocycles. The Balaban J connectivity index is 1.52. The second kappa shape index (κ2) is 8.77. The predicted molar refractivity (Wildman–Crippen MR) is 123 cm³/mol. The first kappa shape index (κ1) is 23.8. The molecule has 0 aliphatic carbocycles. The number of fused-ring (bicyclic) bond motifs is 1. The third-order valence-electron chi connectivity index (χ3n) is 5.51. The molecule has 1 aliphatic heterocycles. The molecule has 0 bridgehead atoms. The zero-order valence-electron chi connectivity index (χ0n) is 18.3. The van der Waals surface area contributed by atoms with Crippen molar-refractivity contribution in [3.05, 3.63) is 89.0 Å². The first-order chi connectivity index (χ1) is 15.9. The van der Waals surface area contributed by atoms with Crippen molar-refractivity contribution in [1.82, 2.24) is 4.72 Å². The van der Waals surface area contributed by atoms with Crippen molar-refractivity contribution < 1.29 is 26.4 Å². The topological polar surface area (TPSA) is 87.3 Å². The monoisotopic (exact) mass is 489 g/mol. The molecular formula is C24H22F3N3O3S. The Bertz CT molecular complexity index is 1320. The number of rotatable bonds is 4. The van der Waals surface area contributed by atoms with Crippen LogP contribution in [0.4, 0.5) is 24.5 Å². The van der Waals surface area contributed by atoms with Crippen LogP contribution in [0.25, 0.3) is 0 Å². The average molecular weight is 490 g/mol. The van der Waals surface area contributed by atoms with Crippen LogP contribution in [-0.2, 0) is 16.2 Å². The van der Waals surface area contributed by atoms with Crippen LogP contribution in [0.1, 0.15) is 53.0 Å². The summed E-state index contributed by atoms with van der Waals surface area (Å²) < 4.78 is 66.8. The first-order valence-electron chi connectivity index (χ1n) is 10.5. The summed E-state index contributed by atoms with van der Waals surface area (Å²) in [6, 6.07) is 16.0. The molecule has 3 aromatic carbocycles. The smallest absolute Gasteiger partial charge is 0.364 e. The number of nitrogens with one attached hydrogen (secondary N) is 3. The van der Waals surface area contributed by atoms with Crippen LogP contribution in [0.5, 0.6) is 0 Å². The van der Waals surface area contributed by atoms with Crippen LogP contribution in [-0.4, -0.2) is 14.3 Å². The SMILES string of the molecule is CC(C)c1ccc(NC(=O)c2ccc([C@H]3Nc4cc(C(F)(F)F)ccc4S(=O)(=O)N3)cc2)cc1. The zero-order valence-corrected chi connectivity index (χ0v) is 19.1. The number of carbonyl (C=O) groups is 1. The molecule has 1 atom stereocenters. The average Bonchev–Trinajstić information content (AvgIpc) is 2.78. The molecule has 0 aromatic heterocycles. The Hall–Kier alpha value is -3.37. The third-order valence-corrected chi connectivity index (χ3v) is 6.99. The molecule has 34 heavy (non-hydrogen) atoms. The quantitative estimate of drug-likeness (QED) is 0.453. The number of amides is 1. The highest BCUT2D eigenvalue weighted by Crippen LogP contribution is 2.37. The van der Waals surface area contributed by atoms with Crippen molar-refractivity contribution in [3.8, 4) is 0 Å². The maximum atomic E-state index is 13.1.